The summed E-state index contributed by atoms with van der Waals surface area (Å²) in [4.78, 5) is 10.9. The summed E-state index contributed by atoms with van der Waals surface area (Å²) in [6.45, 7) is 5.66. The van der Waals surface area contributed by atoms with Gasteiger partial charge in [-0.05, 0) is 49.6 Å². The number of rotatable bonds is 5. The van der Waals surface area contributed by atoms with Crippen molar-refractivity contribution in [3.63, 3.8) is 0 Å². The molecule has 4 heteroatoms. The lowest BCUT2D eigenvalue weighted by molar-refractivity contribution is -0.107. The fraction of sp³-hybridized carbons (Fsp3) is 0.167. The van der Waals surface area contributed by atoms with Gasteiger partial charge in [0, 0.05) is 12.0 Å². The van der Waals surface area contributed by atoms with E-state index in [4.69, 9.17) is 0 Å². The fourth-order valence-corrected chi connectivity index (χ4v) is 2.80. The maximum atomic E-state index is 10.9. The average molecular weight is 376 g/mol. The maximum absolute atomic E-state index is 10.9. The lowest BCUT2D eigenvalue weighted by Crippen LogP contribution is -2.02. The number of aromatic nitrogens is 2. The largest absolute Gasteiger partial charge is 0.303 e. The molecule has 1 heterocycles. The number of halogens is 1. The van der Waals surface area contributed by atoms with Crippen LogP contribution in [0, 0.1) is 0 Å². The molecule has 2 aromatic carbocycles. The van der Waals surface area contributed by atoms with Crippen LogP contribution in [0.2, 0.25) is 0 Å². The van der Waals surface area contributed by atoms with Crippen LogP contribution in [0.5, 0.6) is 0 Å². The second-order valence-electron chi connectivity index (χ2n) is 6.14. The van der Waals surface area contributed by atoms with Crippen LogP contribution >= 0.6 is 0 Å². The number of carbonyl (C=O) groups excluding carboxylic acids is 1. The molecule has 144 valence electrons. The molecular weight excluding hydrogens is 351 g/mol. The summed E-state index contributed by atoms with van der Waals surface area (Å²) in [5.74, 6) is 0. The molecule has 3 aromatic rings. The molecule has 0 radical (unpaired) electrons. The molecule has 1 aromatic heterocycles. The SMILES string of the molecule is C/C=C(\C)c1c(CC=O)cnn1-c1ccc(-c2ccccc2)cc1.C/C=C/F. The molecule has 0 aliphatic carbocycles. The molecule has 0 saturated carbocycles. The highest BCUT2D eigenvalue weighted by Gasteiger charge is 2.13. The van der Waals surface area contributed by atoms with Gasteiger partial charge in [0.25, 0.3) is 0 Å². The van der Waals surface area contributed by atoms with E-state index in [1.807, 2.05) is 42.8 Å². The van der Waals surface area contributed by atoms with Gasteiger partial charge in [0.1, 0.15) is 6.29 Å². The molecule has 0 saturated heterocycles. The van der Waals surface area contributed by atoms with Gasteiger partial charge in [0.2, 0.25) is 0 Å². The minimum absolute atomic E-state index is 0.378. The van der Waals surface area contributed by atoms with Crippen LogP contribution in [0.15, 0.2) is 79.3 Å². The van der Waals surface area contributed by atoms with E-state index in [2.05, 4.69) is 41.5 Å². The third-order valence-corrected chi connectivity index (χ3v) is 4.30. The quantitative estimate of drug-likeness (QED) is 0.497. The summed E-state index contributed by atoms with van der Waals surface area (Å²) in [7, 11) is 0. The summed E-state index contributed by atoms with van der Waals surface area (Å²) < 4.78 is 12.4. The zero-order chi connectivity index (χ0) is 20.4. The van der Waals surface area contributed by atoms with Gasteiger partial charge in [0.15, 0.2) is 0 Å². The molecule has 0 fully saturated rings. The first-order valence-corrected chi connectivity index (χ1v) is 9.17. The van der Waals surface area contributed by atoms with Gasteiger partial charge in [-0.1, -0.05) is 54.6 Å². The molecule has 3 nitrogen and oxygen atoms in total. The number of benzene rings is 2. The number of nitrogens with zero attached hydrogens (tertiary/aromatic N) is 2. The van der Waals surface area contributed by atoms with Crippen LogP contribution in [0.1, 0.15) is 32.0 Å². The van der Waals surface area contributed by atoms with Crippen LogP contribution < -0.4 is 0 Å². The lowest BCUT2D eigenvalue weighted by atomic mass is 10.0. The average Bonchev–Trinajstić information content (AvgIpc) is 3.18. The Balaban J connectivity index is 0.000000640. The number of hydrogen-bond acceptors (Lipinski definition) is 2. The van der Waals surface area contributed by atoms with Crippen LogP contribution in [-0.2, 0) is 11.2 Å². The highest BCUT2D eigenvalue weighted by Crippen LogP contribution is 2.25. The first kappa shape index (κ1) is 21.0. The highest BCUT2D eigenvalue weighted by molar-refractivity contribution is 5.69. The Morgan fingerprint density at radius 2 is 1.64 bits per heavy atom. The van der Waals surface area contributed by atoms with E-state index in [0.717, 1.165) is 28.8 Å². The van der Waals surface area contributed by atoms with Gasteiger partial charge in [-0.25, -0.2) is 9.07 Å². The third-order valence-electron chi connectivity index (χ3n) is 4.30. The van der Waals surface area contributed by atoms with Crippen molar-refractivity contribution in [2.75, 3.05) is 0 Å². The standard InChI is InChI=1S/C21H20N2O.C3H5F/c1-3-16(2)21-19(13-14-24)15-22-23(21)20-11-9-18(10-12-20)17-7-5-4-6-8-17;1-2-3-4/h3-12,14-15H,13H2,1-2H3;2-3H,1H3/b16-3+;3-2+. The van der Waals surface area contributed by atoms with Gasteiger partial charge in [-0.15, -0.1) is 0 Å². The Morgan fingerprint density at radius 3 is 2.18 bits per heavy atom. The van der Waals surface area contributed by atoms with E-state index in [1.165, 1.54) is 17.2 Å². The molecule has 0 bridgehead atoms. The summed E-state index contributed by atoms with van der Waals surface area (Å²) in [6.07, 6.45) is 6.96. The Labute approximate surface area is 165 Å². The van der Waals surface area contributed by atoms with E-state index in [-0.39, 0.29) is 0 Å². The minimum Gasteiger partial charge on any atom is -0.303 e. The van der Waals surface area contributed by atoms with Crippen molar-refractivity contribution >= 4 is 11.9 Å². The molecule has 0 amide bonds. The molecule has 0 spiro atoms. The van der Waals surface area contributed by atoms with Gasteiger partial charge in [0.05, 0.1) is 23.9 Å². The Kier molecular flexibility index (Phi) is 8.10. The number of carbonyl (C=O) groups is 1. The molecule has 0 unspecified atom stereocenters. The van der Waals surface area contributed by atoms with E-state index in [9.17, 15) is 9.18 Å². The van der Waals surface area contributed by atoms with Crippen LogP contribution in [-0.4, -0.2) is 16.1 Å². The van der Waals surface area contributed by atoms with Crippen molar-refractivity contribution in [3.8, 4) is 16.8 Å². The predicted octanol–water partition coefficient (Wildman–Crippen LogP) is 6.19. The number of allylic oxidation sites excluding steroid dienone is 3. The maximum Gasteiger partial charge on any atom is 0.124 e. The van der Waals surface area contributed by atoms with Crippen molar-refractivity contribution in [1.82, 2.24) is 9.78 Å². The van der Waals surface area contributed by atoms with E-state index >= 15 is 0 Å². The predicted molar refractivity (Wildman–Crippen MR) is 114 cm³/mol. The van der Waals surface area contributed by atoms with Gasteiger partial charge < -0.3 is 4.79 Å². The zero-order valence-corrected chi connectivity index (χ0v) is 16.5. The van der Waals surface area contributed by atoms with Crippen molar-refractivity contribution in [2.24, 2.45) is 0 Å². The first-order valence-electron chi connectivity index (χ1n) is 9.17. The summed E-state index contributed by atoms with van der Waals surface area (Å²) in [5, 5.41) is 4.49. The lowest BCUT2D eigenvalue weighted by Gasteiger charge is -2.10. The number of aldehydes is 1. The second kappa shape index (κ2) is 10.8. The Bertz CT molecular complexity index is 934. The monoisotopic (exact) mass is 376 g/mol. The smallest absolute Gasteiger partial charge is 0.124 e. The summed E-state index contributed by atoms with van der Waals surface area (Å²) in [6, 6.07) is 18.6. The van der Waals surface area contributed by atoms with Crippen LogP contribution in [0.3, 0.4) is 0 Å². The van der Waals surface area contributed by atoms with Crippen LogP contribution in [0.4, 0.5) is 4.39 Å². The Hall–Kier alpha value is -3.27. The molecule has 28 heavy (non-hydrogen) atoms. The molecule has 0 atom stereocenters. The summed E-state index contributed by atoms with van der Waals surface area (Å²) >= 11 is 0. The topological polar surface area (TPSA) is 34.9 Å². The van der Waals surface area contributed by atoms with Gasteiger partial charge in [-0.3, -0.25) is 0 Å². The third kappa shape index (κ3) is 5.13. The Morgan fingerprint density at radius 1 is 1.04 bits per heavy atom. The molecule has 3 rings (SSSR count). The fourth-order valence-electron chi connectivity index (χ4n) is 2.80. The van der Waals surface area contributed by atoms with E-state index in [1.54, 1.807) is 13.1 Å². The van der Waals surface area contributed by atoms with Crippen molar-refractivity contribution in [1.29, 1.82) is 0 Å². The first-order chi connectivity index (χ1) is 13.7. The molecular formula is C24H25FN2O. The van der Waals surface area contributed by atoms with Crippen molar-refractivity contribution in [2.45, 2.75) is 27.2 Å². The van der Waals surface area contributed by atoms with Crippen molar-refractivity contribution in [3.05, 3.63) is 90.5 Å². The molecule has 0 aliphatic heterocycles. The van der Waals surface area contributed by atoms with Gasteiger partial charge >= 0.3 is 0 Å². The van der Waals surface area contributed by atoms with E-state index in [0.29, 0.717) is 12.8 Å². The molecule has 0 aliphatic rings. The summed E-state index contributed by atoms with van der Waals surface area (Å²) in [5.41, 5.74) is 6.41. The van der Waals surface area contributed by atoms with Crippen LogP contribution in [0.25, 0.3) is 22.4 Å². The minimum atomic E-state index is 0.378. The number of hydrogen-bond donors (Lipinski definition) is 0. The second-order valence-corrected chi connectivity index (χ2v) is 6.14. The molecule has 0 N–H and O–H groups in total. The normalized spacial score (nSPS) is 11.2. The highest BCUT2D eigenvalue weighted by atomic mass is 19.1. The van der Waals surface area contributed by atoms with E-state index < -0.39 is 0 Å². The van der Waals surface area contributed by atoms with Crippen molar-refractivity contribution < 1.29 is 9.18 Å². The zero-order valence-electron chi connectivity index (χ0n) is 16.5. The van der Waals surface area contributed by atoms with Gasteiger partial charge in [-0.2, -0.15) is 5.10 Å².